The lowest BCUT2D eigenvalue weighted by Gasteiger charge is -2.07. The third kappa shape index (κ3) is 4.40. The number of hydrogen-bond acceptors (Lipinski definition) is 5. The molecular formula is C13H15N3O4S. The average Bonchev–Trinajstić information content (AvgIpc) is 2.97. The fourth-order valence-corrected chi connectivity index (χ4v) is 2.84. The van der Waals surface area contributed by atoms with Gasteiger partial charge in [-0.05, 0) is 23.8 Å². The number of hydrogen-bond donors (Lipinski definition) is 2. The Hall–Kier alpha value is -2.19. The van der Waals surface area contributed by atoms with E-state index in [1.807, 2.05) is 0 Å². The number of benzene rings is 1. The summed E-state index contributed by atoms with van der Waals surface area (Å²) in [6, 6.07) is 8.01. The van der Waals surface area contributed by atoms with Crippen molar-refractivity contribution in [1.29, 1.82) is 0 Å². The van der Waals surface area contributed by atoms with Crippen LogP contribution in [0.25, 0.3) is 0 Å². The summed E-state index contributed by atoms with van der Waals surface area (Å²) < 4.78 is 31.0. The lowest BCUT2D eigenvalue weighted by Crippen LogP contribution is -2.25. The lowest BCUT2D eigenvalue weighted by atomic mass is 10.1. The van der Waals surface area contributed by atoms with Gasteiger partial charge in [-0.15, -0.1) is 0 Å². The standard InChI is InChI=1S/C13H15N3O4S/c1-20-13(17)11-4-2-3-10(7-11)9-21(18,19)15-8-12-5-6-14-16-12/h2-7,15H,8-9H2,1H3,(H,14,16). The number of esters is 1. The van der Waals surface area contributed by atoms with Crippen LogP contribution in [0.4, 0.5) is 0 Å². The number of carbonyl (C=O) groups excluding carboxylic acids is 1. The number of rotatable bonds is 6. The van der Waals surface area contributed by atoms with Gasteiger partial charge in [0.25, 0.3) is 0 Å². The van der Waals surface area contributed by atoms with Crippen molar-refractivity contribution in [2.75, 3.05) is 7.11 Å². The van der Waals surface area contributed by atoms with E-state index < -0.39 is 16.0 Å². The molecule has 0 radical (unpaired) electrons. The van der Waals surface area contributed by atoms with Crippen LogP contribution in [0.15, 0.2) is 36.5 Å². The minimum absolute atomic E-state index is 0.138. The highest BCUT2D eigenvalue weighted by Gasteiger charge is 2.13. The Balaban J connectivity index is 2.04. The van der Waals surface area contributed by atoms with E-state index in [1.54, 1.807) is 30.5 Å². The average molecular weight is 309 g/mol. The molecule has 0 aliphatic heterocycles. The molecule has 1 aromatic carbocycles. The van der Waals surface area contributed by atoms with Gasteiger partial charge < -0.3 is 4.74 Å². The number of carbonyl (C=O) groups is 1. The van der Waals surface area contributed by atoms with E-state index in [-0.39, 0.29) is 12.3 Å². The summed E-state index contributed by atoms with van der Waals surface area (Å²) in [6.07, 6.45) is 1.55. The maximum atomic E-state index is 12.0. The van der Waals surface area contributed by atoms with Crippen molar-refractivity contribution in [3.8, 4) is 0 Å². The van der Waals surface area contributed by atoms with Gasteiger partial charge >= 0.3 is 5.97 Å². The predicted molar refractivity (Wildman–Crippen MR) is 75.8 cm³/mol. The van der Waals surface area contributed by atoms with E-state index in [0.29, 0.717) is 16.8 Å². The third-order valence-corrected chi connectivity index (χ3v) is 4.04. The zero-order valence-corrected chi connectivity index (χ0v) is 12.2. The Kier molecular flexibility index (Phi) is 4.71. The molecule has 0 spiro atoms. The molecule has 1 heterocycles. The van der Waals surface area contributed by atoms with Crippen molar-refractivity contribution >= 4 is 16.0 Å². The first-order chi connectivity index (χ1) is 10.00. The Morgan fingerprint density at radius 1 is 1.38 bits per heavy atom. The molecule has 2 N–H and O–H groups in total. The first-order valence-electron chi connectivity index (χ1n) is 6.13. The number of sulfonamides is 1. The molecule has 0 aliphatic carbocycles. The van der Waals surface area contributed by atoms with Crippen LogP contribution in [0.5, 0.6) is 0 Å². The van der Waals surface area contributed by atoms with Gasteiger partial charge in [-0.3, -0.25) is 5.10 Å². The van der Waals surface area contributed by atoms with Crippen molar-refractivity contribution in [3.63, 3.8) is 0 Å². The molecule has 0 saturated heterocycles. The summed E-state index contributed by atoms with van der Waals surface area (Å²) in [6.45, 7) is 0.138. The highest BCUT2D eigenvalue weighted by atomic mass is 32.2. The number of aromatic amines is 1. The second kappa shape index (κ2) is 6.51. The summed E-state index contributed by atoms with van der Waals surface area (Å²) in [7, 11) is -2.23. The molecule has 1 aromatic heterocycles. The normalized spacial score (nSPS) is 11.3. The second-order valence-corrected chi connectivity index (χ2v) is 6.16. The molecule has 2 rings (SSSR count). The van der Waals surface area contributed by atoms with E-state index in [4.69, 9.17) is 0 Å². The molecule has 0 aliphatic rings. The number of ether oxygens (including phenoxy) is 1. The Bertz CT molecular complexity index is 711. The Morgan fingerprint density at radius 2 is 2.19 bits per heavy atom. The van der Waals surface area contributed by atoms with Crippen LogP contribution in [-0.2, 0) is 27.1 Å². The lowest BCUT2D eigenvalue weighted by molar-refractivity contribution is 0.0600. The first kappa shape index (κ1) is 15.2. The molecule has 0 fully saturated rings. The van der Waals surface area contributed by atoms with E-state index in [1.165, 1.54) is 13.2 Å². The van der Waals surface area contributed by atoms with E-state index in [0.717, 1.165) is 0 Å². The number of nitrogens with zero attached hydrogens (tertiary/aromatic N) is 1. The Morgan fingerprint density at radius 3 is 2.86 bits per heavy atom. The van der Waals surface area contributed by atoms with Gasteiger partial charge in [-0.25, -0.2) is 17.9 Å². The smallest absolute Gasteiger partial charge is 0.337 e. The van der Waals surface area contributed by atoms with Gasteiger partial charge in [0.05, 0.1) is 30.7 Å². The third-order valence-electron chi connectivity index (χ3n) is 2.75. The SMILES string of the molecule is COC(=O)c1cccc(CS(=O)(=O)NCc2ccn[nH]2)c1. The molecule has 21 heavy (non-hydrogen) atoms. The molecule has 0 saturated carbocycles. The number of aromatic nitrogens is 2. The number of methoxy groups -OCH3 is 1. The van der Waals surface area contributed by atoms with Gasteiger partial charge in [-0.1, -0.05) is 12.1 Å². The highest BCUT2D eigenvalue weighted by molar-refractivity contribution is 7.88. The number of nitrogens with one attached hydrogen (secondary N) is 2. The fraction of sp³-hybridized carbons (Fsp3) is 0.231. The van der Waals surface area contributed by atoms with Gasteiger partial charge in [-0.2, -0.15) is 5.10 Å². The first-order valence-corrected chi connectivity index (χ1v) is 7.78. The van der Waals surface area contributed by atoms with E-state index >= 15 is 0 Å². The fourth-order valence-electron chi connectivity index (χ4n) is 1.75. The van der Waals surface area contributed by atoms with Crippen LogP contribution >= 0.6 is 0 Å². The molecule has 0 unspecified atom stereocenters. The molecule has 8 heteroatoms. The van der Waals surface area contributed by atoms with Gasteiger partial charge in [0, 0.05) is 6.20 Å². The minimum Gasteiger partial charge on any atom is -0.465 e. The van der Waals surface area contributed by atoms with Gasteiger partial charge in [0.1, 0.15) is 0 Å². The predicted octanol–water partition coefficient (Wildman–Crippen LogP) is 0.816. The second-order valence-electron chi connectivity index (χ2n) is 4.35. The minimum atomic E-state index is -3.51. The summed E-state index contributed by atoms with van der Waals surface area (Å²) in [5, 5.41) is 6.40. The van der Waals surface area contributed by atoms with Crippen LogP contribution < -0.4 is 4.72 Å². The van der Waals surface area contributed by atoms with Crippen LogP contribution in [-0.4, -0.2) is 31.7 Å². The zero-order chi connectivity index (χ0) is 15.3. The van der Waals surface area contributed by atoms with Gasteiger partial charge in [0.15, 0.2) is 0 Å². The zero-order valence-electron chi connectivity index (χ0n) is 11.4. The molecule has 0 bridgehead atoms. The quantitative estimate of drug-likeness (QED) is 0.769. The highest BCUT2D eigenvalue weighted by Crippen LogP contribution is 2.10. The summed E-state index contributed by atoms with van der Waals surface area (Å²) >= 11 is 0. The summed E-state index contributed by atoms with van der Waals surface area (Å²) in [5.74, 6) is -0.717. The molecule has 2 aromatic rings. The summed E-state index contributed by atoms with van der Waals surface area (Å²) in [5.41, 5.74) is 1.50. The van der Waals surface area contributed by atoms with Crippen LogP contribution in [0.1, 0.15) is 21.6 Å². The van der Waals surface area contributed by atoms with Crippen molar-refractivity contribution in [2.24, 2.45) is 0 Å². The Labute approximate surface area is 122 Å². The maximum Gasteiger partial charge on any atom is 0.337 e. The monoisotopic (exact) mass is 309 g/mol. The molecule has 7 nitrogen and oxygen atoms in total. The van der Waals surface area contributed by atoms with Crippen LogP contribution in [0.2, 0.25) is 0 Å². The summed E-state index contributed by atoms with van der Waals surface area (Å²) in [4.78, 5) is 11.4. The van der Waals surface area contributed by atoms with Gasteiger partial charge in [0.2, 0.25) is 10.0 Å². The topological polar surface area (TPSA) is 101 Å². The molecule has 0 amide bonds. The van der Waals surface area contributed by atoms with Crippen molar-refractivity contribution in [2.45, 2.75) is 12.3 Å². The maximum absolute atomic E-state index is 12.0. The van der Waals surface area contributed by atoms with Crippen LogP contribution in [0.3, 0.4) is 0 Å². The molecular weight excluding hydrogens is 294 g/mol. The van der Waals surface area contributed by atoms with Crippen molar-refractivity contribution < 1.29 is 17.9 Å². The van der Waals surface area contributed by atoms with E-state index in [9.17, 15) is 13.2 Å². The van der Waals surface area contributed by atoms with Crippen molar-refractivity contribution in [3.05, 3.63) is 53.3 Å². The molecule has 112 valence electrons. The van der Waals surface area contributed by atoms with Crippen LogP contribution in [0, 0.1) is 0 Å². The largest absolute Gasteiger partial charge is 0.465 e. The van der Waals surface area contributed by atoms with Crippen molar-refractivity contribution in [1.82, 2.24) is 14.9 Å². The number of H-pyrrole nitrogens is 1. The van der Waals surface area contributed by atoms with E-state index in [2.05, 4.69) is 19.7 Å². The molecule has 0 atom stereocenters.